The molecule has 33 heavy (non-hydrogen) atoms. The number of anilines is 3. The van der Waals surface area contributed by atoms with Gasteiger partial charge in [0.15, 0.2) is 5.82 Å². The second kappa shape index (κ2) is 8.22. The minimum atomic E-state index is -2.86. The van der Waals surface area contributed by atoms with Gasteiger partial charge in [0.2, 0.25) is 17.8 Å². The summed E-state index contributed by atoms with van der Waals surface area (Å²) < 4.78 is 44.8. The van der Waals surface area contributed by atoms with Crippen LogP contribution in [0.1, 0.15) is 25.0 Å². The molecule has 4 saturated heterocycles. The van der Waals surface area contributed by atoms with Gasteiger partial charge < -0.3 is 29.7 Å². The van der Waals surface area contributed by atoms with Crippen LogP contribution in [0.5, 0.6) is 0 Å². The van der Waals surface area contributed by atoms with Gasteiger partial charge in [-0.15, -0.1) is 0 Å². The van der Waals surface area contributed by atoms with Gasteiger partial charge in [-0.25, -0.2) is 18.7 Å². The van der Waals surface area contributed by atoms with Gasteiger partial charge in [-0.05, 0) is 12.8 Å². The predicted molar refractivity (Wildman–Crippen MR) is 112 cm³/mol. The standard InChI is InChI=1S/C20H24F2N8O3/c21-16(22)15-14(3-24-18(23)25-15)17-26-19(29-10-1-2-11(29)5-31-4-10)28-20(27-17)30-12-6-32-8-13(30)9-33-7-12/h3,10-13,16H,1-2,4-9H2,(H2,23,24,25). The molecule has 0 spiro atoms. The molecule has 6 heterocycles. The lowest BCUT2D eigenvalue weighted by Crippen LogP contribution is -2.60. The highest BCUT2D eigenvalue weighted by Gasteiger charge is 2.42. The van der Waals surface area contributed by atoms with Gasteiger partial charge in [0.1, 0.15) is 5.69 Å². The third kappa shape index (κ3) is 3.63. The molecule has 2 N–H and O–H groups in total. The molecule has 11 nitrogen and oxygen atoms in total. The molecule has 4 aliphatic heterocycles. The first-order chi connectivity index (χ1) is 16.1. The van der Waals surface area contributed by atoms with Gasteiger partial charge in [-0.2, -0.15) is 15.0 Å². The molecular weight excluding hydrogens is 438 g/mol. The van der Waals surface area contributed by atoms with Crippen molar-refractivity contribution < 1.29 is 23.0 Å². The number of nitrogens with zero attached hydrogens (tertiary/aromatic N) is 7. The molecule has 2 aromatic heterocycles. The molecular formula is C20H24F2N8O3. The maximum atomic E-state index is 13.8. The van der Waals surface area contributed by atoms with E-state index < -0.39 is 12.1 Å². The topological polar surface area (TPSA) is 125 Å². The summed E-state index contributed by atoms with van der Waals surface area (Å²) in [5.41, 5.74) is 5.12. The van der Waals surface area contributed by atoms with Gasteiger partial charge in [-0.3, -0.25) is 0 Å². The van der Waals surface area contributed by atoms with Crippen molar-refractivity contribution >= 4 is 17.8 Å². The molecule has 0 aliphatic carbocycles. The number of halogens is 2. The monoisotopic (exact) mass is 462 g/mol. The second-order valence-electron chi connectivity index (χ2n) is 8.71. The molecule has 4 fully saturated rings. The number of aromatic nitrogens is 5. The molecule has 0 saturated carbocycles. The summed E-state index contributed by atoms with van der Waals surface area (Å²) >= 11 is 0. The van der Waals surface area contributed by atoms with Crippen molar-refractivity contribution in [1.29, 1.82) is 0 Å². The van der Waals surface area contributed by atoms with Gasteiger partial charge in [0.05, 0.1) is 69.4 Å². The molecule has 4 aliphatic rings. The van der Waals surface area contributed by atoms with Crippen molar-refractivity contribution in [2.24, 2.45) is 0 Å². The Bertz CT molecular complexity index is 1010. The number of ether oxygens (including phenoxy) is 3. The van der Waals surface area contributed by atoms with Crippen LogP contribution < -0.4 is 15.5 Å². The van der Waals surface area contributed by atoms with E-state index in [0.29, 0.717) is 51.5 Å². The van der Waals surface area contributed by atoms with Crippen LogP contribution >= 0.6 is 0 Å². The van der Waals surface area contributed by atoms with E-state index in [1.54, 1.807) is 0 Å². The number of nitrogens with two attached hydrogens (primary N) is 1. The Kier molecular flexibility index (Phi) is 5.18. The highest BCUT2D eigenvalue weighted by Crippen LogP contribution is 2.36. The molecule has 0 amide bonds. The van der Waals surface area contributed by atoms with Crippen molar-refractivity contribution in [3.63, 3.8) is 0 Å². The van der Waals surface area contributed by atoms with Gasteiger partial charge >= 0.3 is 0 Å². The third-order valence-electron chi connectivity index (χ3n) is 6.63. The van der Waals surface area contributed by atoms with Crippen LogP contribution in [0.4, 0.5) is 26.6 Å². The van der Waals surface area contributed by atoms with E-state index in [1.165, 1.54) is 6.20 Å². The minimum Gasteiger partial charge on any atom is -0.377 e. The fourth-order valence-electron chi connectivity index (χ4n) is 5.13. The number of morpholine rings is 3. The molecule has 0 aromatic carbocycles. The van der Waals surface area contributed by atoms with Crippen LogP contribution in [-0.2, 0) is 14.2 Å². The number of alkyl halides is 2. The minimum absolute atomic E-state index is 0.0411. The number of hydrogen-bond donors (Lipinski definition) is 1. The highest BCUT2D eigenvalue weighted by atomic mass is 19.3. The van der Waals surface area contributed by atoms with Gasteiger partial charge in [0.25, 0.3) is 6.43 Å². The lowest BCUT2D eigenvalue weighted by molar-refractivity contribution is -0.0355. The van der Waals surface area contributed by atoms with E-state index >= 15 is 0 Å². The molecule has 6 rings (SSSR count). The summed E-state index contributed by atoms with van der Waals surface area (Å²) in [4.78, 5) is 26.0. The Morgan fingerprint density at radius 2 is 1.30 bits per heavy atom. The first-order valence-corrected chi connectivity index (χ1v) is 11.1. The maximum absolute atomic E-state index is 13.8. The lowest BCUT2D eigenvalue weighted by Gasteiger charge is -2.45. The van der Waals surface area contributed by atoms with E-state index in [2.05, 4.69) is 29.7 Å². The van der Waals surface area contributed by atoms with Crippen LogP contribution in [0.3, 0.4) is 0 Å². The largest absolute Gasteiger partial charge is 0.377 e. The van der Waals surface area contributed by atoms with Crippen LogP contribution in [0.25, 0.3) is 11.4 Å². The molecule has 2 atom stereocenters. The zero-order valence-corrected chi connectivity index (χ0v) is 17.8. The molecule has 4 bridgehead atoms. The molecule has 13 heteroatoms. The molecule has 2 unspecified atom stereocenters. The summed E-state index contributed by atoms with van der Waals surface area (Å²) in [5.74, 6) is 0.740. The van der Waals surface area contributed by atoms with Crippen molar-refractivity contribution in [3.05, 3.63) is 11.9 Å². The number of nitrogen functional groups attached to an aromatic ring is 1. The summed E-state index contributed by atoms with van der Waals surface area (Å²) in [6.07, 6.45) is 0.324. The third-order valence-corrected chi connectivity index (χ3v) is 6.63. The SMILES string of the molecule is Nc1ncc(-c2nc(N3C4CCC3COC4)nc(N3C4COCC3COC4)n2)c(C(F)F)n1. The van der Waals surface area contributed by atoms with E-state index in [9.17, 15) is 8.78 Å². The van der Waals surface area contributed by atoms with Crippen molar-refractivity contribution in [1.82, 2.24) is 24.9 Å². The molecule has 2 aromatic rings. The first kappa shape index (κ1) is 20.8. The Morgan fingerprint density at radius 3 is 1.85 bits per heavy atom. The Morgan fingerprint density at radius 1 is 0.788 bits per heavy atom. The fraction of sp³-hybridized carbons (Fsp3) is 0.650. The smallest absolute Gasteiger partial charge is 0.281 e. The lowest BCUT2D eigenvalue weighted by atomic mass is 10.1. The van der Waals surface area contributed by atoms with Crippen LogP contribution in [0.2, 0.25) is 0 Å². The Hall–Kier alpha value is -2.77. The highest BCUT2D eigenvalue weighted by molar-refractivity contribution is 5.62. The van der Waals surface area contributed by atoms with E-state index in [-0.39, 0.29) is 41.5 Å². The maximum Gasteiger partial charge on any atom is 0.281 e. The van der Waals surface area contributed by atoms with E-state index in [4.69, 9.17) is 24.9 Å². The zero-order valence-electron chi connectivity index (χ0n) is 17.8. The summed E-state index contributed by atoms with van der Waals surface area (Å²) in [6.45, 7) is 3.06. The second-order valence-corrected chi connectivity index (χ2v) is 8.71. The first-order valence-electron chi connectivity index (χ1n) is 11.1. The quantitative estimate of drug-likeness (QED) is 0.694. The summed E-state index contributed by atoms with van der Waals surface area (Å²) in [6, 6.07) is 0.131. The van der Waals surface area contributed by atoms with Crippen molar-refractivity contribution in [2.75, 3.05) is 55.2 Å². The van der Waals surface area contributed by atoms with Crippen LogP contribution in [0, 0.1) is 0 Å². The van der Waals surface area contributed by atoms with Crippen LogP contribution in [-0.4, -0.2) is 88.7 Å². The zero-order chi connectivity index (χ0) is 22.5. The van der Waals surface area contributed by atoms with Crippen molar-refractivity contribution in [3.8, 4) is 11.4 Å². The Balaban J connectivity index is 1.49. The van der Waals surface area contributed by atoms with E-state index in [0.717, 1.165) is 12.8 Å². The number of hydrogen-bond acceptors (Lipinski definition) is 11. The summed E-state index contributed by atoms with van der Waals surface area (Å²) in [7, 11) is 0. The van der Waals surface area contributed by atoms with Gasteiger partial charge in [0, 0.05) is 6.20 Å². The summed E-state index contributed by atoms with van der Waals surface area (Å²) in [5, 5.41) is 0. The fourth-order valence-corrected chi connectivity index (χ4v) is 5.13. The Labute approximate surface area is 188 Å². The van der Waals surface area contributed by atoms with Crippen molar-refractivity contribution in [2.45, 2.75) is 43.4 Å². The number of rotatable bonds is 4. The normalized spacial score (nSPS) is 29.1. The number of fused-ring (bicyclic) bond motifs is 4. The average Bonchev–Trinajstić information content (AvgIpc) is 3.06. The molecule has 176 valence electrons. The van der Waals surface area contributed by atoms with E-state index in [1.807, 2.05) is 0 Å². The predicted octanol–water partition coefficient (Wildman–Crippen LogP) is 0.820. The van der Waals surface area contributed by atoms with Crippen LogP contribution in [0.15, 0.2) is 6.20 Å². The molecule has 0 radical (unpaired) electrons. The average molecular weight is 462 g/mol. The van der Waals surface area contributed by atoms with Gasteiger partial charge in [-0.1, -0.05) is 0 Å².